The van der Waals surface area contributed by atoms with Crippen LogP contribution in [0, 0.1) is 0 Å². The molecule has 2 aromatic heterocycles. The average Bonchev–Trinajstić information content (AvgIpc) is 3.18. The molecule has 0 unspecified atom stereocenters. The van der Waals surface area contributed by atoms with E-state index in [0.29, 0.717) is 28.8 Å². The first-order valence-corrected chi connectivity index (χ1v) is 8.56. The van der Waals surface area contributed by atoms with Crippen molar-refractivity contribution in [2.45, 2.75) is 6.54 Å². The molecule has 2 heterocycles. The first kappa shape index (κ1) is 15.5. The number of benzene rings is 3. The highest BCUT2D eigenvalue weighted by molar-refractivity contribution is 5.82. The van der Waals surface area contributed by atoms with E-state index in [4.69, 9.17) is 4.63 Å². The van der Waals surface area contributed by atoms with Crippen molar-refractivity contribution in [1.29, 1.82) is 0 Å². The third kappa shape index (κ3) is 2.67. The Morgan fingerprint density at radius 2 is 1.59 bits per heavy atom. The van der Waals surface area contributed by atoms with Gasteiger partial charge in [-0.1, -0.05) is 48.5 Å². The molecular formula is C21H14N4O2. The molecule has 0 radical (unpaired) electrons. The van der Waals surface area contributed by atoms with Crippen molar-refractivity contribution < 1.29 is 4.63 Å². The van der Waals surface area contributed by atoms with Crippen LogP contribution in [0.4, 0.5) is 0 Å². The molecule has 3 aromatic carbocycles. The monoisotopic (exact) mass is 354 g/mol. The van der Waals surface area contributed by atoms with E-state index < -0.39 is 0 Å². The molecule has 6 heteroatoms. The second kappa shape index (κ2) is 6.17. The quantitative estimate of drug-likeness (QED) is 0.494. The Bertz CT molecular complexity index is 1320. The third-order valence-electron chi connectivity index (χ3n) is 4.56. The number of para-hydroxylation sites is 2. The highest BCUT2D eigenvalue weighted by Gasteiger charge is 2.14. The van der Waals surface area contributed by atoms with Crippen molar-refractivity contribution in [1.82, 2.24) is 19.9 Å². The van der Waals surface area contributed by atoms with Crippen LogP contribution in [-0.2, 0) is 6.54 Å². The van der Waals surface area contributed by atoms with Crippen molar-refractivity contribution in [2.24, 2.45) is 0 Å². The molecule has 5 aromatic rings. The lowest BCUT2D eigenvalue weighted by Crippen LogP contribution is -2.24. The summed E-state index contributed by atoms with van der Waals surface area (Å²) in [4.78, 5) is 17.9. The standard InChI is InChI=1S/C21H14N4O2/c26-21-20(15-10-11-16-18(12-15)24-27-23-16)22-17-8-4-5-9-19(17)25(21)13-14-6-2-1-3-7-14/h1-12H,13H2. The van der Waals surface area contributed by atoms with Crippen LogP contribution in [0.15, 0.2) is 82.2 Å². The maximum Gasteiger partial charge on any atom is 0.277 e. The van der Waals surface area contributed by atoms with Gasteiger partial charge in [-0.05, 0) is 40.1 Å². The van der Waals surface area contributed by atoms with E-state index in [2.05, 4.69) is 15.3 Å². The van der Waals surface area contributed by atoms with Gasteiger partial charge in [0.1, 0.15) is 16.7 Å². The number of hydrogen-bond donors (Lipinski definition) is 0. The molecule has 5 rings (SSSR count). The van der Waals surface area contributed by atoms with Crippen LogP contribution in [0.1, 0.15) is 5.56 Å². The lowest BCUT2D eigenvalue weighted by molar-refractivity contribution is 0.315. The average molecular weight is 354 g/mol. The van der Waals surface area contributed by atoms with E-state index in [1.165, 1.54) is 0 Å². The van der Waals surface area contributed by atoms with Crippen molar-refractivity contribution in [3.8, 4) is 11.3 Å². The fraction of sp³-hybridized carbons (Fsp3) is 0.0476. The Balaban J connectivity index is 1.75. The van der Waals surface area contributed by atoms with Crippen molar-refractivity contribution >= 4 is 22.1 Å². The lowest BCUT2D eigenvalue weighted by Gasteiger charge is -2.12. The molecule has 0 atom stereocenters. The summed E-state index contributed by atoms with van der Waals surface area (Å²) in [5, 5.41) is 7.67. The minimum Gasteiger partial charge on any atom is -0.300 e. The molecule has 6 nitrogen and oxygen atoms in total. The molecular weight excluding hydrogens is 340 g/mol. The molecule has 0 saturated carbocycles. The van der Waals surface area contributed by atoms with Crippen molar-refractivity contribution in [3.63, 3.8) is 0 Å². The normalized spacial score (nSPS) is 11.3. The molecule has 0 N–H and O–H groups in total. The van der Waals surface area contributed by atoms with Crippen LogP contribution in [0.2, 0.25) is 0 Å². The van der Waals surface area contributed by atoms with Crippen LogP contribution in [0.5, 0.6) is 0 Å². The summed E-state index contributed by atoms with van der Waals surface area (Å²) >= 11 is 0. The van der Waals surface area contributed by atoms with Crippen molar-refractivity contribution in [3.05, 3.63) is 88.7 Å². The van der Waals surface area contributed by atoms with Crippen molar-refractivity contribution in [2.75, 3.05) is 0 Å². The van der Waals surface area contributed by atoms with Gasteiger partial charge >= 0.3 is 0 Å². The zero-order chi connectivity index (χ0) is 18.2. The summed E-state index contributed by atoms with van der Waals surface area (Å²) in [6.07, 6.45) is 0. The van der Waals surface area contributed by atoms with Crippen LogP contribution >= 0.6 is 0 Å². The maximum atomic E-state index is 13.3. The van der Waals surface area contributed by atoms with Gasteiger partial charge in [-0.2, -0.15) is 0 Å². The van der Waals surface area contributed by atoms with Crippen LogP contribution in [0.25, 0.3) is 33.3 Å². The number of hydrogen-bond acceptors (Lipinski definition) is 5. The Labute approximate surface area is 153 Å². The van der Waals surface area contributed by atoms with E-state index in [-0.39, 0.29) is 5.56 Å². The Kier molecular flexibility index (Phi) is 3.53. The number of aromatic nitrogens is 4. The molecule has 0 aliphatic heterocycles. The van der Waals surface area contributed by atoms with Crippen LogP contribution in [0.3, 0.4) is 0 Å². The first-order valence-electron chi connectivity index (χ1n) is 8.56. The predicted molar refractivity (Wildman–Crippen MR) is 102 cm³/mol. The van der Waals surface area contributed by atoms with Gasteiger partial charge in [-0.3, -0.25) is 4.79 Å². The van der Waals surface area contributed by atoms with E-state index >= 15 is 0 Å². The highest BCUT2D eigenvalue weighted by atomic mass is 16.6. The van der Waals surface area contributed by atoms with E-state index in [1.807, 2.05) is 60.7 Å². The summed E-state index contributed by atoms with van der Waals surface area (Å²) in [6, 6.07) is 22.9. The second-order valence-corrected chi connectivity index (χ2v) is 6.29. The first-order chi connectivity index (χ1) is 13.3. The van der Waals surface area contributed by atoms with E-state index in [0.717, 1.165) is 16.6 Å². The van der Waals surface area contributed by atoms with Gasteiger partial charge in [0, 0.05) is 5.56 Å². The van der Waals surface area contributed by atoms with E-state index in [9.17, 15) is 4.79 Å². The molecule has 0 amide bonds. The summed E-state index contributed by atoms with van der Waals surface area (Å²) < 4.78 is 6.52. The molecule has 0 aliphatic carbocycles. The molecule has 27 heavy (non-hydrogen) atoms. The highest BCUT2D eigenvalue weighted by Crippen LogP contribution is 2.21. The number of rotatable bonds is 3. The van der Waals surface area contributed by atoms with Gasteiger partial charge in [0.15, 0.2) is 0 Å². The zero-order valence-electron chi connectivity index (χ0n) is 14.2. The fourth-order valence-corrected chi connectivity index (χ4v) is 3.23. The van der Waals surface area contributed by atoms with Gasteiger partial charge in [0.25, 0.3) is 5.56 Å². The minimum absolute atomic E-state index is 0.145. The minimum atomic E-state index is -0.145. The lowest BCUT2D eigenvalue weighted by atomic mass is 10.1. The fourth-order valence-electron chi connectivity index (χ4n) is 3.23. The van der Waals surface area contributed by atoms with Gasteiger partial charge < -0.3 is 4.57 Å². The van der Waals surface area contributed by atoms with Gasteiger partial charge in [0.2, 0.25) is 0 Å². The predicted octanol–water partition coefficient (Wildman–Crippen LogP) is 3.65. The zero-order valence-corrected chi connectivity index (χ0v) is 14.2. The van der Waals surface area contributed by atoms with Gasteiger partial charge in [0.05, 0.1) is 17.6 Å². The summed E-state index contributed by atoms with van der Waals surface area (Å²) in [7, 11) is 0. The molecule has 0 aliphatic rings. The number of fused-ring (bicyclic) bond motifs is 2. The van der Waals surface area contributed by atoms with Crippen LogP contribution in [-0.4, -0.2) is 19.9 Å². The Morgan fingerprint density at radius 3 is 2.48 bits per heavy atom. The topological polar surface area (TPSA) is 73.8 Å². The number of nitrogens with zero attached hydrogens (tertiary/aromatic N) is 4. The Morgan fingerprint density at radius 1 is 0.815 bits per heavy atom. The second-order valence-electron chi connectivity index (χ2n) is 6.29. The third-order valence-corrected chi connectivity index (χ3v) is 4.56. The summed E-state index contributed by atoms with van der Waals surface area (Å²) in [6.45, 7) is 0.476. The Hall–Kier alpha value is -3.80. The smallest absolute Gasteiger partial charge is 0.277 e. The largest absolute Gasteiger partial charge is 0.300 e. The molecule has 0 spiro atoms. The van der Waals surface area contributed by atoms with Gasteiger partial charge in [-0.15, -0.1) is 0 Å². The molecule has 130 valence electrons. The van der Waals surface area contributed by atoms with Gasteiger partial charge in [-0.25, -0.2) is 9.61 Å². The van der Waals surface area contributed by atoms with E-state index in [1.54, 1.807) is 16.7 Å². The molecule has 0 saturated heterocycles. The molecule has 0 fully saturated rings. The molecule has 0 bridgehead atoms. The van der Waals surface area contributed by atoms with Crippen LogP contribution < -0.4 is 5.56 Å². The summed E-state index contributed by atoms with van der Waals surface area (Å²) in [5.41, 5.74) is 4.79. The summed E-state index contributed by atoms with van der Waals surface area (Å²) in [5.74, 6) is 0. The SMILES string of the molecule is O=c1c(-c2ccc3nonc3c2)nc2ccccc2n1Cc1ccccc1. The maximum absolute atomic E-state index is 13.3.